The molecule has 2 heterocycles. The maximum atomic E-state index is 12.0. The minimum Gasteiger partial charge on any atom is -0.370 e. The number of nitrogens with one attached hydrogen (secondary N) is 2. The quantitative estimate of drug-likeness (QED) is 0.871. The summed E-state index contributed by atoms with van der Waals surface area (Å²) in [4.78, 5) is 20.2. The van der Waals surface area contributed by atoms with E-state index >= 15 is 0 Å². The zero-order valence-corrected chi connectivity index (χ0v) is 11.0. The first-order valence-electron chi connectivity index (χ1n) is 5.92. The van der Waals surface area contributed by atoms with Crippen LogP contribution in [0.3, 0.4) is 0 Å². The van der Waals surface area contributed by atoms with Gasteiger partial charge >= 0.3 is 6.01 Å². The van der Waals surface area contributed by atoms with Crippen molar-refractivity contribution in [2.75, 3.05) is 17.2 Å². The summed E-state index contributed by atoms with van der Waals surface area (Å²) in [7, 11) is 0. The largest absolute Gasteiger partial charge is 0.370 e. The molecule has 1 amide bonds. The SMILES string of the molecule is CCNc1cc(C(=O)Nc2nc(C)no2)cc(C)n1. The second kappa shape index (κ2) is 5.47. The third-order valence-corrected chi connectivity index (χ3v) is 2.32. The molecule has 2 rings (SSSR count). The van der Waals surface area contributed by atoms with Crippen molar-refractivity contribution < 1.29 is 9.32 Å². The van der Waals surface area contributed by atoms with Gasteiger partial charge in [-0.2, -0.15) is 4.98 Å². The molecule has 2 aromatic rings. The number of carbonyl (C=O) groups excluding carboxylic acids is 1. The molecule has 0 aliphatic rings. The number of nitrogens with zero attached hydrogens (tertiary/aromatic N) is 3. The summed E-state index contributed by atoms with van der Waals surface area (Å²) in [5.41, 5.74) is 1.24. The van der Waals surface area contributed by atoms with Gasteiger partial charge < -0.3 is 9.84 Å². The Morgan fingerprint density at radius 3 is 2.74 bits per heavy atom. The second-order valence-electron chi connectivity index (χ2n) is 4.01. The Morgan fingerprint density at radius 2 is 2.11 bits per heavy atom. The standard InChI is InChI=1S/C12H15N5O2/c1-4-13-10-6-9(5-7(2)14-10)11(18)16-12-15-8(3)17-19-12/h5-6H,4H2,1-3H3,(H,13,14)(H,15,16,17,18). The van der Waals surface area contributed by atoms with Crippen LogP contribution in [-0.4, -0.2) is 27.6 Å². The topological polar surface area (TPSA) is 92.9 Å². The van der Waals surface area contributed by atoms with Crippen LogP contribution in [0, 0.1) is 13.8 Å². The first-order valence-corrected chi connectivity index (χ1v) is 5.92. The van der Waals surface area contributed by atoms with Crippen LogP contribution in [0.2, 0.25) is 0 Å². The lowest BCUT2D eigenvalue weighted by atomic mass is 10.2. The van der Waals surface area contributed by atoms with Crippen molar-refractivity contribution in [1.82, 2.24) is 15.1 Å². The molecule has 7 nitrogen and oxygen atoms in total. The average Bonchev–Trinajstić information content (AvgIpc) is 2.74. The first-order chi connectivity index (χ1) is 9.08. The van der Waals surface area contributed by atoms with Crippen molar-refractivity contribution >= 4 is 17.7 Å². The molecule has 0 bridgehead atoms. The Bertz CT molecular complexity index is 594. The van der Waals surface area contributed by atoms with Gasteiger partial charge in [-0.1, -0.05) is 5.16 Å². The van der Waals surface area contributed by atoms with Gasteiger partial charge in [0.25, 0.3) is 5.91 Å². The van der Waals surface area contributed by atoms with Gasteiger partial charge in [-0.05, 0) is 32.9 Å². The van der Waals surface area contributed by atoms with Gasteiger partial charge in [0, 0.05) is 17.8 Å². The number of hydrogen-bond donors (Lipinski definition) is 2. The molecule has 0 fully saturated rings. The van der Waals surface area contributed by atoms with Crippen LogP contribution in [0.1, 0.15) is 28.8 Å². The van der Waals surface area contributed by atoms with E-state index in [1.807, 2.05) is 13.8 Å². The van der Waals surface area contributed by atoms with Gasteiger partial charge in [0.05, 0.1) is 0 Å². The maximum absolute atomic E-state index is 12.0. The smallest absolute Gasteiger partial charge is 0.328 e. The summed E-state index contributed by atoms with van der Waals surface area (Å²) < 4.78 is 4.84. The van der Waals surface area contributed by atoms with Crippen LogP contribution >= 0.6 is 0 Å². The van der Waals surface area contributed by atoms with E-state index < -0.39 is 0 Å². The minimum atomic E-state index is -0.312. The number of amides is 1. The minimum absolute atomic E-state index is 0.0852. The van der Waals surface area contributed by atoms with Gasteiger partial charge in [-0.25, -0.2) is 4.98 Å². The molecule has 2 aromatic heterocycles. The number of rotatable bonds is 4. The lowest BCUT2D eigenvalue weighted by molar-refractivity contribution is 0.102. The first kappa shape index (κ1) is 13.0. The van der Waals surface area contributed by atoms with Gasteiger partial charge in [-0.3, -0.25) is 10.1 Å². The van der Waals surface area contributed by atoms with Crippen LogP contribution in [0.4, 0.5) is 11.8 Å². The molecule has 2 N–H and O–H groups in total. The molecular weight excluding hydrogens is 246 g/mol. The zero-order chi connectivity index (χ0) is 13.8. The van der Waals surface area contributed by atoms with Crippen LogP contribution in [0.15, 0.2) is 16.7 Å². The number of anilines is 2. The predicted octanol–water partition coefficient (Wildman–Crippen LogP) is 1.77. The maximum Gasteiger partial charge on any atom is 0.328 e. The summed E-state index contributed by atoms with van der Waals surface area (Å²) >= 11 is 0. The highest BCUT2D eigenvalue weighted by Crippen LogP contribution is 2.12. The Hall–Kier alpha value is -2.44. The number of pyridine rings is 1. The molecule has 0 aliphatic heterocycles. The highest BCUT2D eigenvalue weighted by Gasteiger charge is 2.12. The van der Waals surface area contributed by atoms with E-state index in [0.29, 0.717) is 17.2 Å². The predicted molar refractivity (Wildman–Crippen MR) is 70.1 cm³/mol. The Kier molecular flexibility index (Phi) is 3.74. The highest BCUT2D eigenvalue weighted by molar-refractivity contribution is 6.03. The van der Waals surface area contributed by atoms with E-state index in [2.05, 4.69) is 25.8 Å². The average molecular weight is 261 g/mol. The van der Waals surface area contributed by atoms with Crippen molar-refractivity contribution in [2.24, 2.45) is 0 Å². The summed E-state index contributed by atoms with van der Waals surface area (Å²) in [6.45, 7) is 6.21. The molecule has 0 radical (unpaired) electrons. The van der Waals surface area contributed by atoms with E-state index in [1.54, 1.807) is 19.1 Å². The molecule has 0 unspecified atom stereocenters. The Morgan fingerprint density at radius 1 is 1.32 bits per heavy atom. The lowest BCUT2D eigenvalue weighted by Crippen LogP contribution is -2.13. The van der Waals surface area contributed by atoms with Crippen molar-refractivity contribution in [2.45, 2.75) is 20.8 Å². The fraction of sp³-hybridized carbons (Fsp3) is 0.333. The van der Waals surface area contributed by atoms with Gasteiger partial charge in [-0.15, -0.1) is 0 Å². The molecule has 100 valence electrons. The van der Waals surface area contributed by atoms with Crippen LogP contribution < -0.4 is 10.6 Å². The molecule has 0 saturated carbocycles. The molecule has 19 heavy (non-hydrogen) atoms. The number of aryl methyl sites for hydroxylation is 2. The molecular formula is C12H15N5O2. The van der Waals surface area contributed by atoms with E-state index in [4.69, 9.17) is 4.52 Å². The van der Waals surface area contributed by atoms with Crippen molar-refractivity contribution in [3.05, 3.63) is 29.2 Å². The second-order valence-corrected chi connectivity index (χ2v) is 4.01. The molecule has 0 spiro atoms. The summed E-state index contributed by atoms with van der Waals surface area (Å²) in [5.74, 6) is 0.817. The van der Waals surface area contributed by atoms with Crippen molar-refractivity contribution in [3.8, 4) is 0 Å². The van der Waals surface area contributed by atoms with Gasteiger partial charge in [0.1, 0.15) is 5.82 Å². The van der Waals surface area contributed by atoms with E-state index in [9.17, 15) is 4.79 Å². The van der Waals surface area contributed by atoms with Crippen LogP contribution in [0.25, 0.3) is 0 Å². The third-order valence-electron chi connectivity index (χ3n) is 2.32. The molecule has 0 saturated heterocycles. The lowest BCUT2D eigenvalue weighted by Gasteiger charge is -2.06. The van der Waals surface area contributed by atoms with Gasteiger partial charge in [0.2, 0.25) is 0 Å². The molecule has 0 aliphatic carbocycles. The number of hydrogen-bond acceptors (Lipinski definition) is 6. The highest BCUT2D eigenvalue weighted by atomic mass is 16.5. The normalized spacial score (nSPS) is 10.3. The van der Waals surface area contributed by atoms with E-state index in [0.717, 1.165) is 12.2 Å². The fourth-order valence-electron chi connectivity index (χ4n) is 1.59. The Balaban J connectivity index is 2.18. The number of carbonyl (C=O) groups is 1. The molecule has 7 heteroatoms. The summed E-state index contributed by atoms with van der Waals surface area (Å²) in [6.07, 6.45) is 0. The number of aromatic nitrogens is 3. The van der Waals surface area contributed by atoms with E-state index in [1.165, 1.54) is 0 Å². The fourth-order valence-corrected chi connectivity index (χ4v) is 1.59. The molecule has 0 aromatic carbocycles. The monoisotopic (exact) mass is 261 g/mol. The van der Waals surface area contributed by atoms with Crippen LogP contribution in [-0.2, 0) is 0 Å². The summed E-state index contributed by atoms with van der Waals surface area (Å²) in [6, 6.07) is 3.45. The third kappa shape index (κ3) is 3.27. The van der Waals surface area contributed by atoms with Crippen molar-refractivity contribution in [3.63, 3.8) is 0 Å². The van der Waals surface area contributed by atoms with Crippen molar-refractivity contribution in [1.29, 1.82) is 0 Å². The van der Waals surface area contributed by atoms with Gasteiger partial charge in [0.15, 0.2) is 5.82 Å². The summed E-state index contributed by atoms with van der Waals surface area (Å²) in [5, 5.41) is 9.21. The molecule has 0 atom stereocenters. The Labute approximate surface area is 110 Å². The zero-order valence-electron chi connectivity index (χ0n) is 11.0. The van der Waals surface area contributed by atoms with Crippen LogP contribution in [0.5, 0.6) is 0 Å². The van der Waals surface area contributed by atoms with E-state index in [-0.39, 0.29) is 11.9 Å².